The molecule has 0 aliphatic heterocycles. The number of hydrogen-bond acceptors (Lipinski definition) is 6. The number of nitrogens with one attached hydrogen (secondary N) is 1. The molecule has 26 heavy (non-hydrogen) atoms. The van der Waals surface area contributed by atoms with E-state index in [4.69, 9.17) is 9.47 Å². The average Bonchev–Trinajstić information content (AvgIpc) is 2.88. The second-order valence-electron chi connectivity index (χ2n) is 6.90. The zero-order chi connectivity index (χ0) is 19.1. The lowest BCUT2D eigenvalue weighted by Crippen LogP contribution is -2.43. The molecule has 1 amide bonds. The highest BCUT2D eigenvalue weighted by atomic mass is 16.5. The van der Waals surface area contributed by atoms with Crippen LogP contribution >= 0.6 is 0 Å². The molecule has 0 atom stereocenters. The normalized spacial score (nSPS) is 11.7. The van der Waals surface area contributed by atoms with Crippen LogP contribution in [0.2, 0.25) is 0 Å². The molecule has 0 bridgehead atoms. The molecule has 0 saturated carbocycles. The van der Waals surface area contributed by atoms with Crippen LogP contribution in [-0.2, 0) is 11.3 Å². The van der Waals surface area contributed by atoms with Gasteiger partial charge in [0.1, 0.15) is 12.9 Å². The Kier molecular flexibility index (Phi) is 4.31. The number of carbonyl (C=O) groups is 1. The minimum absolute atomic E-state index is 0.174. The quantitative estimate of drug-likeness (QED) is 0.745. The Bertz CT molecular complexity index is 1050. The first-order chi connectivity index (χ1) is 12.2. The van der Waals surface area contributed by atoms with E-state index in [0.717, 1.165) is 4.68 Å². The number of rotatable bonds is 4. The van der Waals surface area contributed by atoms with Crippen LogP contribution in [0, 0.1) is 0 Å². The maximum atomic E-state index is 12.5. The Labute approximate surface area is 149 Å². The fourth-order valence-corrected chi connectivity index (χ4v) is 2.68. The smallest absolute Gasteiger partial charge is 0.352 e. The van der Waals surface area contributed by atoms with E-state index in [-0.39, 0.29) is 12.5 Å². The van der Waals surface area contributed by atoms with E-state index >= 15 is 0 Å². The van der Waals surface area contributed by atoms with E-state index < -0.39 is 11.2 Å². The topological polar surface area (TPSA) is 99.8 Å². The SMILES string of the molecule is COc1cc2ncn3c(=O)n(CC(=O)NC(C)(C)C)nc3c2cc1OC. The summed E-state index contributed by atoms with van der Waals surface area (Å²) in [7, 11) is 3.06. The molecular weight excluding hydrogens is 338 g/mol. The van der Waals surface area contributed by atoms with E-state index in [2.05, 4.69) is 15.4 Å². The maximum Gasteiger partial charge on any atom is 0.352 e. The molecule has 138 valence electrons. The van der Waals surface area contributed by atoms with Gasteiger partial charge >= 0.3 is 5.69 Å². The Balaban J connectivity index is 2.11. The van der Waals surface area contributed by atoms with Crippen molar-refractivity contribution < 1.29 is 14.3 Å². The Hall–Kier alpha value is -3.10. The first-order valence-corrected chi connectivity index (χ1v) is 8.04. The van der Waals surface area contributed by atoms with E-state index in [1.165, 1.54) is 24.9 Å². The zero-order valence-corrected chi connectivity index (χ0v) is 15.4. The van der Waals surface area contributed by atoms with Gasteiger partial charge in [-0.15, -0.1) is 5.10 Å². The molecule has 0 aliphatic carbocycles. The van der Waals surface area contributed by atoms with Gasteiger partial charge in [-0.1, -0.05) is 0 Å². The molecule has 2 heterocycles. The van der Waals surface area contributed by atoms with Crippen LogP contribution in [0.25, 0.3) is 16.6 Å². The van der Waals surface area contributed by atoms with Gasteiger partial charge in [-0.3, -0.25) is 4.79 Å². The van der Waals surface area contributed by atoms with Gasteiger partial charge in [0.25, 0.3) is 0 Å². The highest BCUT2D eigenvalue weighted by molar-refractivity contribution is 5.93. The number of aromatic nitrogens is 4. The molecule has 0 spiro atoms. The summed E-state index contributed by atoms with van der Waals surface area (Å²) in [6.07, 6.45) is 1.39. The molecule has 0 saturated heterocycles. The average molecular weight is 359 g/mol. The molecule has 0 fully saturated rings. The van der Waals surface area contributed by atoms with Crippen LogP contribution < -0.4 is 20.5 Å². The van der Waals surface area contributed by atoms with Gasteiger partial charge in [-0.05, 0) is 26.8 Å². The Morgan fingerprint density at radius 1 is 1.19 bits per heavy atom. The number of nitrogens with zero attached hydrogens (tertiary/aromatic N) is 4. The fourth-order valence-electron chi connectivity index (χ4n) is 2.68. The van der Waals surface area contributed by atoms with Crippen LogP contribution in [0.5, 0.6) is 11.5 Å². The van der Waals surface area contributed by atoms with Crippen LogP contribution in [0.4, 0.5) is 0 Å². The van der Waals surface area contributed by atoms with E-state index in [1.807, 2.05) is 20.8 Å². The zero-order valence-electron chi connectivity index (χ0n) is 15.4. The lowest BCUT2D eigenvalue weighted by atomic mass is 10.1. The first-order valence-electron chi connectivity index (χ1n) is 8.04. The number of benzene rings is 1. The standard InChI is InChI=1S/C17H21N5O4/c1-17(2,3)19-14(23)8-22-16(24)21-9-18-11-7-13(26-5)12(25-4)6-10(11)15(21)20-22/h6-7,9H,8H2,1-5H3,(H,19,23). The van der Waals surface area contributed by atoms with Crippen LogP contribution in [0.1, 0.15) is 20.8 Å². The molecule has 1 aromatic carbocycles. The molecule has 0 unspecified atom stereocenters. The number of methoxy groups -OCH3 is 2. The Morgan fingerprint density at radius 2 is 1.85 bits per heavy atom. The largest absolute Gasteiger partial charge is 0.493 e. The number of amides is 1. The minimum Gasteiger partial charge on any atom is -0.493 e. The van der Waals surface area contributed by atoms with Crippen molar-refractivity contribution in [3.63, 3.8) is 0 Å². The van der Waals surface area contributed by atoms with Gasteiger partial charge in [-0.25, -0.2) is 18.9 Å². The summed E-state index contributed by atoms with van der Waals surface area (Å²) >= 11 is 0. The van der Waals surface area contributed by atoms with Crippen molar-refractivity contribution in [1.29, 1.82) is 0 Å². The number of hydrogen-bond donors (Lipinski definition) is 1. The van der Waals surface area contributed by atoms with Gasteiger partial charge in [0.2, 0.25) is 5.91 Å². The summed E-state index contributed by atoms with van der Waals surface area (Å²) in [5.74, 6) is 0.741. The molecule has 9 heteroatoms. The second kappa shape index (κ2) is 6.32. The second-order valence-corrected chi connectivity index (χ2v) is 6.90. The third-order valence-corrected chi connectivity index (χ3v) is 3.73. The monoisotopic (exact) mass is 359 g/mol. The number of carbonyl (C=O) groups excluding carboxylic acids is 1. The highest BCUT2D eigenvalue weighted by Crippen LogP contribution is 2.32. The predicted octanol–water partition coefficient (Wildman–Crippen LogP) is 0.976. The molecule has 0 radical (unpaired) electrons. The molecule has 0 aliphatic rings. The van der Waals surface area contributed by atoms with Crippen LogP contribution in [0.3, 0.4) is 0 Å². The van der Waals surface area contributed by atoms with Crippen molar-refractivity contribution in [1.82, 2.24) is 24.5 Å². The van der Waals surface area contributed by atoms with Crippen molar-refractivity contribution >= 4 is 22.5 Å². The molecule has 9 nitrogen and oxygen atoms in total. The highest BCUT2D eigenvalue weighted by Gasteiger charge is 2.18. The summed E-state index contributed by atoms with van der Waals surface area (Å²) in [6.45, 7) is 5.43. The van der Waals surface area contributed by atoms with E-state index in [1.54, 1.807) is 12.1 Å². The molecule has 2 aromatic heterocycles. The predicted molar refractivity (Wildman–Crippen MR) is 95.8 cm³/mol. The summed E-state index contributed by atoms with van der Waals surface area (Å²) in [5, 5.41) is 7.74. The summed E-state index contributed by atoms with van der Waals surface area (Å²) < 4.78 is 13.0. The lowest BCUT2D eigenvalue weighted by molar-refractivity contribution is -0.123. The minimum atomic E-state index is -0.437. The third kappa shape index (κ3) is 3.19. The molecule has 3 rings (SSSR count). The lowest BCUT2D eigenvalue weighted by Gasteiger charge is -2.20. The summed E-state index contributed by atoms with van der Waals surface area (Å²) in [5.41, 5.74) is 0.169. The van der Waals surface area contributed by atoms with Gasteiger partial charge in [0.05, 0.1) is 19.7 Å². The number of fused-ring (bicyclic) bond motifs is 3. The van der Waals surface area contributed by atoms with Gasteiger partial charge in [0.15, 0.2) is 17.1 Å². The van der Waals surface area contributed by atoms with Gasteiger partial charge < -0.3 is 14.8 Å². The van der Waals surface area contributed by atoms with E-state index in [9.17, 15) is 9.59 Å². The van der Waals surface area contributed by atoms with Crippen molar-refractivity contribution in [2.45, 2.75) is 32.9 Å². The summed E-state index contributed by atoms with van der Waals surface area (Å²) in [4.78, 5) is 29.0. The summed E-state index contributed by atoms with van der Waals surface area (Å²) in [6, 6.07) is 3.42. The molecular formula is C17H21N5O4. The van der Waals surface area contributed by atoms with Crippen molar-refractivity contribution in [2.75, 3.05) is 14.2 Å². The van der Waals surface area contributed by atoms with Crippen LogP contribution in [0.15, 0.2) is 23.3 Å². The van der Waals surface area contributed by atoms with E-state index in [0.29, 0.717) is 28.0 Å². The van der Waals surface area contributed by atoms with Crippen molar-refractivity contribution in [2.24, 2.45) is 0 Å². The maximum absolute atomic E-state index is 12.5. The molecule has 3 aromatic rings. The van der Waals surface area contributed by atoms with Gasteiger partial charge in [0, 0.05) is 17.0 Å². The first kappa shape index (κ1) is 17.7. The number of ether oxygens (including phenoxy) is 2. The van der Waals surface area contributed by atoms with Gasteiger partial charge in [-0.2, -0.15) is 0 Å². The van der Waals surface area contributed by atoms with Crippen LogP contribution in [-0.4, -0.2) is 44.8 Å². The van der Waals surface area contributed by atoms with Crippen molar-refractivity contribution in [3.05, 3.63) is 28.9 Å². The fraction of sp³-hybridized carbons (Fsp3) is 0.412. The van der Waals surface area contributed by atoms with Crippen molar-refractivity contribution in [3.8, 4) is 11.5 Å². The molecule has 1 N–H and O–H groups in total. The third-order valence-electron chi connectivity index (χ3n) is 3.73. The Morgan fingerprint density at radius 3 is 2.46 bits per heavy atom.